The molecule has 0 radical (unpaired) electrons. The molecule has 0 saturated heterocycles. The van der Waals surface area contributed by atoms with Crippen molar-refractivity contribution in [2.75, 3.05) is 17.1 Å². The minimum Gasteiger partial charge on any atom is -0.495 e. The highest BCUT2D eigenvalue weighted by Crippen LogP contribution is 2.26. The van der Waals surface area contributed by atoms with Crippen LogP contribution in [0, 0.1) is 12.7 Å². The van der Waals surface area contributed by atoms with Crippen LogP contribution in [0.5, 0.6) is 5.75 Å². The molecule has 3 aromatic carbocycles. The van der Waals surface area contributed by atoms with Crippen molar-refractivity contribution in [1.29, 1.82) is 0 Å². The lowest BCUT2D eigenvalue weighted by atomic mass is 10.1. The molecule has 0 aliphatic heterocycles. The summed E-state index contributed by atoms with van der Waals surface area (Å²) in [7, 11) is -2.51. The summed E-state index contributed by atoms with van der Waals surface area (Å²) in [5.41, 5.74) is 1.43. The molecule has 3 rings (SSSR count). The molecule has 29 heavy (non-hydrogen) atoms. The van der Waals surface area contributed by atoms with Gasteiger partial charge in [-0.05, 0) is 61.0 Å². The van der Waals surface area contributed by atoms with Crippen molar-refractivity contribution in [3.05, 3.63) is 83.7 Å². The lowest BCUT2D eigenvalue weighted by molar-refractivity contribution is 0.102. The van der Waals surface area contributed by atoms with Gasteiger partial charge < -0.3 is 10.1 Å². The van der Waals surface area contributed by atoms with Gasteiger partial charge in [0.2, 0.25) is 0 Å². The summed E-state index contributed by atoms with van der Waals surface area (Å²) in [5, 5.41) is 2.66. The van der Waals surface area contributed by atoms with Gasteiger partial charge in [-0.1, -0.05) is 18.2 Å². The minimum absolute atomic E-state index is 0.0770. The lowest BCUT2D eigenvalue weighted by Crippen LogP contribution is -2.16. The SMILES string of the molecule is COc1ccccc1NS(=O)(=O)c1cccc(C(=O)Nc2ccc(F)cc2C)c1. The summed E-state index contributed by atoms with van der Waals surface area (Å²) in [4.78, 5) is 12.5. The Hall–Kier alpha value is -3.39. The largest absolute Gasteiger partial charge is 0.495 e. The fraction of sp³-hybridized carbons (Fsp3) is 0.0952. The van der Waals surface area contributed by atoms with E-state index >= 15 is 0 Å². The van der Waals surface area contributed by atoms with Crippen LogP contribution in [-0.2, 0) is 10.0 Å². The summed E-state index contributed by atoms with van der Waals surface area (Å²) >= 11 is 0. The number of carbonyl (C=O) groups excluding carboxylic acids is 1. The highest BCUT2D eigenvalue weighted by atomic mass is 32.2. The van der Waals surface area contributed by atoms with Crippen LogP contribution in [-0.4, -0.2) is 21.4 Å². The third-order valence-electron chi connectivity index (χ3n) is 4.19. The van der Waals surface area contributed by atoms with E-state index in [1.807, 2.05) is 0 Å². The predicted molar refractivity (Wildman–Crippen MR) is 109 cm³/mol. The summed E-state index contributed by atoms with van der Waals surface area (Å²) in [5.74, 6) is -0.540. The molecule has 0 unspecified atom stereocenters. The Morgan fingerprint density at radius 2 is 1.72 bits per heavy atom. The van der Waals surface area contributed by atoms with Gasteiger partial charge in [0.15, 0.2) is 0 Å². The number of halogens is 1. The number of amides is 1. The molecule has 0 fully saturated rings. The number of aryl methyl sites for hydroxylation is 1. The maximum atomic E-state index is 13.2. The van der Waals surface area contributed by atoms with E-state index in [4.69, 9.17) is 4.74 Å². The lowest BCUT2D eigenvalue weighted by Gasteiger charge is -2.13. The molecule has 0 aliphatic carbocycles. The number of methoxy groups -OCH3 is 1. The molecule has 0 saturated carbocycles. The zero-order valence-electron chi connectivity index (χ0n) is 15.8. The maximum absolute atomic E-state index is 13.2. The number of sulfonamides is 1. The van der Waals surface area contributed by atoms with Crippen LogP contribution < -0.4 is 14.8 Å². The number of carbonyl (C=O) groups is 1. The summed E-state index contributed by atoms with van der Waals surface area (Å²) in [6.07, 6.45) is 0. The van der Waals surface area contributed by atoms with Gasteiger partial charge in [-0.3, -0.25) is 9.52 Å². The van der Waals surface area contributed by atoms with Gasteiger partial charge in [0, 0.05) is 11.3 Å². The van der Waals surface area contributed by atoms with Crippen LogP contribution in [0.15, 0.2) is 71.6 Å². The molecule has 1 amide bonds. The molecule has 2 N–H and O–H groups in total. The Labute approximate surface area is 168 Å². The van der Waals surface area contributed by atoms with E-state index in [-0.39, 0.29) is 16.1 Å². The molecule has 0 aliphatic rings. The zero-order valence-corrected chi connectivity index (χ0v) is 16.6. The van der Waals surface area contributed by atoms with Crippen molar-refractivity contribution in [1.82, 2.24) is 0 Å². The monoisotopic (exact) mass is 414 g/mol. The number of anilines is 2. The van der Waals surface area contributed by atoms with E-state index in [9.17, 15) is 17.6 Å². The Morgan fingerprint density at radius 3 is 2.45 bits per heavy atom. The first-order chi connectivity index (χ1) is 13.8. The molecular formula is C21H19FN2O4S. The number of rotatable bonds is 6. The van der Waals surface area contributed by atoms with Gasteiger partial charge >= 0.3 is 0 Å². The number of para-hydroxylation sites is 2. The summed E-state index contributed by atoms with van der Waals surface area (Å²) < 4.78 is 46.4. The average Bonchev–Trinajstić information content (AvgIpc) is 2.70. The van der Waals surface area contributed by atoms with Crippen molar-refractivity contribution in [3.8, 4) is 5.75 Å². The van der Waals surface area contributed by atoms with E-state index in [0.29, 0.717) is 17.0 Å². The van der Waals surface area contributed by atoms with Crippen LogP contribution in [0.1, 0.15) is 15.9 Å². The van der Waals surface area contributed by atoms with Crippen molar-refractivity contribution in [2.45, 2.75) is 11.8 Å². The fourth-order valence-corrected chi connectivity index (χ4v) is 3.81. The third kappa shape index (κ3) is 4.72. The quantitative estimate of drug-likeness (QED) is 0.633. The van der Waals surface area contributed by atoms with Gasteiger partial charge in [0.25, 0.3) is 15.9 Å². The first-order valence-electron chi connectivity index (χ1n) is 8.63. The molecule has 0 heterocycles. The average molecular weight is 414 g/mol. The Kier molecular flexibility index (Phi) is 5.84. The zero-order chi connectivity index (χ0) is 21.0. The molecule has 150 valence electrons. The second-order valence-electron chi connectivity index (χ2n) is 6.25. The first kappa shape index (κ1) is 20.3. The number of hydrogen-bond donors (Lipinski definition) is 2. The van der Waals surface area contributed by atoms with Crippen molar-refractivity contribution in [3.63, 3.8) is 0 Å². The molecular weight excluding hydrogens is 395 g/mol. The van der Waals surface area contributed by atoms with E-state index in [2.05, 4.69) is 10.0 Å². The van der Waals surface area contributed by atoms with Gasteiger partial charge in [0.1, 0.15) is 11.6 Å². The van der Waals surface area contributed by atoms with E-state index < -0.39 is 21.7 Å². The predicted octanol–water partition coefficient (Wildman–Crippen LogP) is 4.20. The summed E-state index contributed by atoms with van der Waals surface area (Å²) in [6.45, 7) is 1.66. The van der Waals surface area contributed by atoms with Crippen LogP contribution in [0.2, 0.25) is 0 Å². The second-order valence-corrected chi connectivity index (χ2v) is 7.93. The van der Waals surface area contributed by atoms with E-state index in [1.165, 1.54) is 49.6 Å². The van der Waals surface area contributed by atoms with Gasteiger partial charge in [-0.15, -0.1) is 0 Å². The summed E-state index contributed by atoms with van der Waals surface area (Å²) in [6, 6.07) is 16.2. The molecule has 8 heteroatoms. The molecule has 0 spiro atoms. The standard InChI is InChI=1S/C21H19FN2O4S/c1-14-12-16(22)10-11-18(14)23-21(25)15-6-5-7-17(13-15)29(26,27)24-19-8-3-4-9-20(19)28-2/h3-13,24H,1-2H3,(H,23,25). The Balaban J connectivity index is 1.85. The van der Waals surface area contributed by atoms with Crippen molar-refractivity contribution in [2.24, 2.45) is 0 Å². The Bertz CT molecular complexity index is 1160. The van der Waals surface area contributed by atoms with Gasteiger partial charge in [0.05, 0.1) is 17.7 Å². The van der Waals surface area contributed by atoms with Gasteiger partial charge in [-0.2, -0.15) is 0 Å². The van der Waals surface area contributed by atoms with Crippen molar-refractivity contribution < 1.29 is 22.3 Å². The molecule has 6 nitrogen and oxygen atoms in total. The second kappa shape index (κ2) is 8.32. The molecule has 3 aromatic rings. The van der Waals surface area contributed by atoms with Crippen LogP contribution >= 0.6 is 0 Å². The van der Waals surface area contributed by atoms with Crippen molar-refractivity contribution >= 4 is 27.3 Å². The maximum Gasteiger partial charge on any atom is 0.262 e. The highest BCUT2D eigenvalue weighted by Gasteiger charge is 2.18. The number of ether oxygens (including phenoxy) is 1. The third-order valence-corrected chi connectivity index (χ3v) is 5.56. The van der Waals surface area contributed by atoms with Crippen LogP contribution in [0.4, 0.5) is 15.8 Å². The van der Waals surface area contributed by atoms with Gasteiger partial charge in [-0.25, -0.2) is 12.8 Å². The molecule has 0 aromatic heterocycles. The number of nitrogens with one attached hydrogen (secondary N) is 2. The van der Waals surface area contributed by atoms with Crippen LogP contribution in [0.25, 0.3) is 0 Å². The van der Waals surface area contributed by atoms with E-state index in [0.717, 1.165) is 0 Å². The minimum atomic E-state index is -3.95. The normalized spacial score (nSPS) is 11.0. The Morgan fingerprint density at radius 1 is 0.966 bits per heavy atom. The van der Waals surface area contributed by atoms with E-state index in [1.54, 1.807) is 31.2 Å². The topological polar surface area (TPSA) is 84.5 Å². The highest BCUT2D eigenvalue weighted by molar-refractivity contribution is 7.92. The number of benzene rings is 3. The van der Waals surface area contributed by atoms with Crippen LogP contribution in [0.3, 0.4) is 0 Å². The molecule has 0 atom stereocenters. The first-order valence-corrected chi connectivity index (χ1v) is 10.1. The fourth-order valence-electron chi connectivity index (χ4n) is 2.70. The number of hydrogen-bond acceptors (Lipinski definition) is 4. The smallest absolute Gasteiger partial charge is 0.262 e. The molecule has 0 bridgehead atoms.